The average molecular weight is 368 g/mol. The van der Waals surface area contributed by atoms with Crippen molar-refractivity contribution in [3.05, 3.63) is 89.6 Å². The molecular weight excluding hydrogens is 349 g/mol. The molecule has 0 spiro atoms. The first kappa shape index (κ1) is 18.7. The monoisotopic (exact) mass is 368 g/mol. The van der Waals surface area contributed by atoms with E-state index in [0.717, 1.165) is 17.2 Å². The molecular formula is C22H19F3N2. The molecule has 0 aliphatic heterocycles. The van der Waals surface area contributed by atoms with Crippen LogP contribution in [0.2, 0.25) is 0 Å². The zero-order valence-corrected chi connectivity index (χ0v) is 15.1. The Hall–Kier alpha value is -3.08. The molecule has 3 aromatic rings. The van der Waals surface area contributed by atoms with Crippen LogP contribution in [0, 0.1) is 13.8 Å². The van der Waals surface area contributed by atoms with Gasteiger partial charge in [-0.05, 0) is 37.6 Å². The van der Waals surface area contributed by atoms with Gasteiger partial charge < -0.3 is 5.32 Å². The first-order valence-electron chi connectivity index (χ1n) is 8.43. The van der Waals surface area contributed by atoms with Crippen molar-refractivity contribution < 1.29 is 13.2 Å². The highest BCUT2D eigenvalue weighted by Crippen LogP contribution is 2.37. The largest absolute Gasteiger partial charge is 0.417 e. The molecule has 1 aromatic heterocycles. The molecule has 0 aliphatic rings. The highest BCUT2D eigenvalue weighted by Gasteiger charge is 2.33. The number of nitrogens with one attached hydrogen (secondary N) is 1. The first-order chi connectivity index (χ1) is 12.8. The SMILES string of the molecule is C=C(Nc1cc(C)nc(-c2ccccc2C(F)(F)F)c1)c1ccccc1C. The number of hydrogen-bond acceptors (Lipinski definition) is 2. The zero-order valence-electron chi connectivity index (χ0n) is 15.1. The van der Waals surface area contributed by atoms with Gasteiger partial charge in [0.15, 0.2) is 0 Å². The maximum Gasteiger partial charge on any atom is 0.417 e. The first-order valence-corrected chi connectivity index (χ1v) is 8.43. The van der Waals surface area contributed by atoms with Gasteiger partial charge in [0.1, 0.15) is 0 Å². The van der Waals surface area contributed by atoms with E-state index in [1.807, 2.05) is 31.2 Å². The number of benzene rings is 2. The standard InChI is InChI=1S/C22H19F3N2/c1-14-8-4-5-9-18(14)16(3)27-17-12-15(2)26-21(13-17)19-10-6-7-11-20(19)22(23,24)25/h4-13H,3H2,1-2H3,(H,26,27). The normalized spacial score (nSPS) is 11.3. The molecule has 0 amide bonds. The van der Waals surface area contributed by atoms with Crippen molar-refractivity contribution in [1.29, 1.82) is 0 Å². The molecule has 0 bridgehead atoms. The predicted octanol–water partition coefficient (Wildman–Crippen LogP) is 6.47. The summed E-state index contributed by atoms with van der Waals surface area (Å²) in [6.45, 7) is 7.79. The number of halogens is 3. The molecule has 138 valence electrons. The Morgan fingerprint density at radius 3 is 2.33 bits per heavy atom. The molecule has 2 aromatic carbocycles. The lowest BCUT2D eigenvalue weighted by molar-refractivity contribution is -0.137. The minimum atomic E-state index is -4.44. The van der Waals surface area contributed by atoms with E-state index in [1.165, 1.54) is 12.1 Å². The van der Waals surface area contributed by atoms with Crippen molar-refractivity contribution in [2.45, 2.75) is 20.0 Å². The molecule has 2 nitrogen and oxygen atoms in total. The van der Waals surface area contributed by atoms with E-state index < -0.39 is 11.7 Å². The Morgan fingerprint density at radius 2 is 1.63 bits per heavy atom. The van der Waals surface area contributed by atoms with Crippen LogP contribution in [0.15, 0.2) is 67.2 Å². The van der Waals surface area contributed by atoms with Crippen LogP contribution in [-0.2, 0) is 6.18 Å². The number of pyridine rings is 1. The van der Waals surface area contributed by atoms with Gasteiger partial charge in [-0.25, -0.2) is 0 Å². The van der Waals surface area contributed by atoms with E-state index in [2.05, 4.69) is 16.9 Å². The van der Waals surface area contributed by atoms with Crippen LogP contribution in [0.25, 0.3) is 17.0 Å². The molecule has 1 heterocycles. The van der Waals surface area contributed by atoms with Gasteiger partial charge in [0.25, 0.3) is 0 Å². The van der Waals surface area contributed by atoms with E-state index in [0.29, 0.717) is 17.1 Å². The topological polar surface area (TPSA) is 24.9 Å². The third-order valence-electron chi connectivity index (χ3n) is 4.23. The quantitative estimate of drug-likeness (QED) is 0.571. The van der Waals surface area contributed by atoms with Crippen molar-refractivity contribution in [3.63, 3.8) is 0 Å². The van der Waals surface area contributed by atoms with Gasteiger partial charge >= 0.3 is 6.18 Å². The van der Waals surface area contributed by atoms with Crippen molar-refractivity contribution >= 4 is 11.4 Å². The minimum Gasteiger partial charge on any atom is -0.355 e. The number of aryl methyl sites for hydroxylation is 2. The number of anilines is 1. The number of nitrogens with zero attached hydrogens (tertiary/aromatic N) is 1. The van der Waals surface area contributed by atoms with Gasteiger partial charge in [-0.3, -0.25) is 4.98 Å². The second-order valence-electron chi connectivity index (χ2n) is 6.34. The molecule has 0 unspecified atom stereocenters. The summed E-state index contributed by atoms with van der Waals surface area (Å²) < 4.78 is 40.1. The summed E-state index contributed by atoms with van der Waals surface area (Å²) in [6.07, 6.45) is -4.44. The summed E-state index contributed by atoms with van der Waals surface area (Å²) in [5.74, 6) is 0. The van der Waals surface area contributed by atoms with Gasteiger partial charge in [0, 0.05) is 28.2 Å². The summed E-state index contributed by atoms with van der Waals surface area (Å²) in [7, 11) is 0. The molecule has 0 saturated carbocycles. The van der Waals surface area contributed by atoms with Crippen molar-refractivity contribution in [3.8, 4) is 11.3 Å². The van der Waals surface area contributed by atoms with Gasteiger partial charge in [0.2, 0.25) is 0 Å². The Labute approximate surface area is 156 Å². The van der Waals surface area contributed by atoms with Gasteiger partial charge in [-0.2, -0.15) is 13.2 Å². The Morgan fingerprint density at radius 1 is 0.963 bits per heavy atom. The zero-order chi connectivity index (χ0) is 19.6. The molecule has 0 aliphatic carbocycles. The van der Waals surface area contributed by atoms with Crippen LogP contribution in [0.1, 0.15) is 22.4 Å². The van der Waals surface area contributed by atoms with Crippen LogP contribution in [0.5, 0.6) is 0 Å². The van der Waals surface area contributed by atoms with Gasteiger partial charge in [-0.15, -0.1) is 0 Å². The van der Waals surface area contributed by atoms with Gasteiger partial charge in [0.05, 0.1) is 11.3 Å². The fourth-order valence-electron chi connectivity index (χ4n) is 2.99. The minimum absolute atomic E-state index is 0.0539. The van der Waals surface area contributed by atoms with E-state index in [1.54, 1.807) is 25.1 Å². The summed E-state index contributed by atoms with van der Waals surface area (Å²) in [5.41, 5.74) is 3.56. The fourth-order valence-corrected chi connectivity index (χ4v) is 2.99. The molecule has 0 saturated heterocycles. The molecule has 5 heteroatoms. The Balaban J connectivity index is 1.99. The summed E-state index contributed by atoms with van der Waals surface area (Å²) in [4.78, 5) is 4.31. The molecule has 0 atom stereocenters. The van der Waals surface area contributed by atoms with Crippen LogP contribution < -0.4 is 5.32 Å². The second kappa shape index (κ2) is 7.27. The van der Waals surface area contributed by atoms with Crippen LogP contribution in [-0.4, -0.2) is 4.98 Å². The highest BCUT2D eigenvalue weighted by atomic mass is 19.4. The average Bonchev–Trinajstić information content (AvgIpc) is 2.61. The Bertz CT molecular complexity index is 991. The maximum atomic E-state index is 13.4. The van der Waals surface area contributed by atoms with Crippen molar-refractivity contribution in [2.75, 3.05) is 5.32 Å². The predicted molar refractivity (Wildman–Crippen MR) is 103 cm³/mol. The molecule has 27 heavy (non-hydrogen) atoms. The number of alkyl halides is 3. The molecule has 0 fully saturated rings. The van der Waals surface area contributed by atoms with Crippen molar-refractivity contribution in [2.24, 2.45) is 0 Å². The van der Waals surface area contributed by atoms with Crippen molar-refractivity contribution in [1.82, 2.24) is 4.98 Å². The van der Waals surface area contributed by atoms with E-state index in [9.17, 15) is 13.2 Å². The third-order valence-corrected chi connectivity index (χ3v) is 4.23. The number of hydrogen-bond donors (Lipinski definition) is 1. The number of rotatable bonds is 4. The lowest BCUT2D eigenvalue weighted by Gasteiger charge is -2.16. The highest BCUT2D eigenvalue weighted by molar-refractivity contribution is 5.79. The van der Waals surface area contributed by atoms with E-state index in [4.69, 9.17) is 0 Å². The maximum absolute atomic E-state index is 13.4. The second-order valence-corrected chi connectivity index (χ2v) is 6.34. The van der Waals surface area contributed by atoms with Crippen LogP contribution in [0.4, 0.5) is 18.9 Å². The summed E-state index contributed by atoms with van der Waals surface area (Å²) >= 11 is 0. The van der Waals surface area contributed by atoms with Gasteiger partial charge in [-0.1, -0.05) is 49.0 Å². The molecule has 0 radical (unpaired) electrons. The van der Waals surface area contributed by atoms with E-state index >= 15 is 0 Å². The van der Waals surface area contributed by atoms with Crippen LogP contribution >= 0.6 is 0 Å². The smallest absolute Gasteiger partial charge is 0.355 e. The lowest BCUT2D eigenvalue weighted by atomic mass is 10.0. The summed E-state index contributed by atoms with van der Waals surface area (Å²) in [6, 6.07) is 16.6. The fraction of sp³-hybridized carbons (Fsp3) is 0.136. The molecule has 1 N–H and O–H groups in total. The van der Waals surface area contributed by atoms with E-state index in [-0.39, 0.29) is 11.3 Å². The van der Waals surface area contributed by atoms with Crippen LogP contribution in [0.3, 0.4) is 0 Å². The summed E-state index contributed by atoms with van der Waals surface area (Å²) in [5, 5.41) is 3.19. The molecule has 3 rings (SSSR count). The number of aromatic nitrogens is 1. The third kappa shape index (κ3) is 4.19. The lowest BCUT2D eigenvalue weighted by Crippen LogP contribution is -2.08. The Kier molecular flexibility index (Phi) is 5.04.